The number of nitrogens with zero attached hydrogens (tertiary/aromatic N) is 1. The summed E-state index contributed by atoms with van der Waals surface area (Å²) >= 11 is 3.56. The summed E-state index contributed by atoms with van der Waals surface area (Å²) in [6, 6.07) is 11.0. The monoisotopic (exact) mass is 264 g/mol. The van der Waals surface area contributed by atoms with Crippen molar-refractivity contribution in [2.75, 3.05) is 6.54 Å². The Labute approximate surface area is 98.4 Å². The third-order valence-corrected chi connectivity index (χ3v) is 3.60. The molecule has 3 heteroatoms. The van der Waals surface area contributed by atoms with Crippen LogP contribution in [0.1, 0.15) is 24.4 Å². The van der Waals surface area contributed by atoms with Gasteiger partial charge in [-0.1, -0.05) is 34.1 Å². The Morgan fingerprint density at radius 3 is 2.73 bits per heavy atom. The van der Waals surface area contributed by atoms with Crippen LogP contribution in [0.25, 0.3) is 0 Å². The molecular weight excluding hydrogens is 252 g/mol. The lowest BCUT2D eigenvalue weighted by atomic mass is 9.92. The van der Waals surface area contributed by atoms with E-state index in [1.807, 2.05) is 6.07 Å². The first-order valence-electron chi connectivity index (χ1n) is 5.18. The highest BCUT2D eigenvalue weighted by atomic mass is 79.9. The van der Waals surface area contributed by atoms with E-state index in [0.717, 1.165) is 23.9 Å². The minimum atomic E-state index is 0.184. The molecule has 1 aliphatic rings. The maximum atomic E-state index is 8.80. The second-order valence-electron chi connectivity index (χ2n) is 3.89. The van der Waals surface area contributed by atoms with Crippen LogP contribution >= 0.6 is 15.9 Å². The highest BCUT2D eigenvalue weighted by molar-refractivity contribution is 9.10. The van der Waals surface area contributed by atoms with Crippen molar-refractivity contribution < 1.29 is 0 Å². The molecule has 0 spiro atoms. The maximum Gasteiger partial charge on any atom is 0.0669 e. The van der Waals surface area contributed by atoms with Crippen LogP contribution < -0.4 is 5.32 Å². The Kier molecular flexibility index (Phi) is 3.40. The molecule has 0 aromatic heterocycles. The summed E-state index contributed by atoms with van der Waals surface area (Å²) in [5, 5.41) is 12.2. The summed E-state index contributed by atoms with van der Waals surface area (Å²) in [5.41, 5.74) is 1.30. The zero-order valence-electron chi connectivity index (χ0n) is 8.41. The molecule has 1 aliphatic heterocycles. The molecule has 1 heterocycles. The van der Waals surface area contributed by atoms with Crippen molar-refractivity contribution in [2.45, 2.75) is 18.9 Å². The summed E-state index contributed by atoms with van der Waals surface area (Å²) in [6.07, 6.45) is 2.04. The number of rotatable bonds is 1. The lowest BCUT2D eigenvalue weighted by molar-refractivity contribution is 0.361. The average Bonchev–Trinajstić information content (AvgIpc) is 2.30. The van der Waals surface area contributed by atoms with Crippen molar-refractivity contribution in [3.63, 3.8) is 0 Å². The smallest absolute Gasteiger partial charge is 0.0669 e. The van der Waals surface area contributed by atoms with Gasteiger partial charge in [-0.15, -0.1) is 0 Å². The van der Waals surface area contributed by atoms with E-state index in [1.54, 1.807) is 0 Å². The Morgan fingerprint density at radius 1 is 1.33 bits per heavy atom. The Balaban J connectivity index is 2.08. The molecule has 1 saturated heterocycles. The van der Waals surface area contributed by atoms with Gasteiger partial charge < -0.3 is 5.32 Å². The van der Waals surface area contributed by atoms with E-state index < -0.39 is 0 Å². The van der Waals surface area contributed by atoms with Gasteiger partial charge in [0.05, 0.1) is 12.0 Å². The van der Waals surface area contributed by atoms with Crippen molar-refractivity contribution in [3.8, 4) is 6.07 Å². The first-order chi connectivity index (χ1) is 7.31. The van der Waals surface area contributed by atoms with Gasteiger partial charge in [0.15, 0.2) is 0 Å². The molecule has 0 bridgehead atoms. The van der Waals surface area contributed by atoms with Crippen LogP contribution in [-0.4, -0.2) is 6.54 Å². The Bertz CT molecular complexity index is 375. The zero-order chi connectivity index (χ0) is 10.7. The summed E-state index contributed by atoms with van der Waals surface area (Å²) in [5.74, 6) is 0.184. The van der Waals surface area contributed by atoms with Crippen molar-refractivity contribution in [2.24, 2.45) is 5.92 Å². The SMILES string of the molecule is N#CC1CCC(c2ccccc2Br)NC1. The molecule has 0 saturated carbocycles. The maximum absolute atomic E-state index is 8.80. The van der Waals surface area contributed by atoms with Crippen LogP contribution in [0.2, 0.25) is 0 Å². The number of nitrogens with one attached hydrogen (secondary N) is 1. The molecule has 1 fully saturated rings. The Hall–Kier alpha value is -0.850. The van der Waals surface area contributed by atoms with Gasteiger partial charge in [0.1, 0.15) is 0 Å². The average molecular weight is 265 g/mol. The first kappa shape index (κ1) is 10.7. The quantitative estimate of drug-likeness (QED) is 0.847. The second-order valence-corrected chi connectivity index (χ2v) is 4.74. The van der Waals surface area contributed by atoms with Crippen molar-refractivity contribution in [3.05, 3.63) is 34.3 Å². The number of halogens is 1. The minimum absolute atomic E-state index is 0.184. The molecule has 0 aliphatic carbocycles. The molecule has 0 radical (unpaired) electrons. The van der Waals surface area contributed by atoms with Crippen molar-refractivity contribution in [1.82, 2.24) is 5.32 Å². The van der Waals surface area contributed by atoms with Gasteiger partial charge in [-0.2, -0.15) is 5.26 Å². The number of hydrogen-bond donors (Lipinski definition) is 1. The van der Waals surface area contributed by atoms with Crippen LogP contribution in [0.15, 0.2) is 28.7 Å². The van der Waals surface area contributed by atoms with Crippen LogP contribution in [0.3, 0.4) is 0 Å². The zero-order valence-corrected chi connectivity index (χ0v) is 10.00. The third kappa shape index (κ3) is 2.39. The van der Waals surface area contributed by atoms with Crippen LogP contribution in [0.4, 0.5) is 0 Å². The van der Waals surface area contributed by atoms with Gasteiger partial charge in [0.2, 0.25) is 0 Å². The number of benzene rings is 1. The normalized spacial score (nSPS) is 25.9. The highest BCUT2D eigenvalue weighted by Gasteiger charge is 2.22. The fourth-order valence-corrected chi connectivity index (χ4v) is 2.55. The topological polar surface area (TPSA) is 35.8 Å². The molecule has 2 atom stereocenters. The summed E-state index contributed by atoms with van der Waals surface area (Å²) in [6.45, 7) is 0.808. The molecule has 78 valence electrons. The van der Waals surface area contributed by atoms with Gasteiger partial charge in [0.25, 0.3) is 0 Å². The van der Waals surface area contributed by atoms with Gasteiger partial charge in [-0.25, -0.2) is 0 Å². The number of piperidine rings is 1. The third-order valence-electron chi connectivity index (χ3n) is 2.88. The van der Waals surface area contributed by atoms with E-state index >= 15 is 0 Å². The molecule has 2 rings (SSSR count). The molecule has 2 nitrogen and oxygen atoms in total. The van der Waals surface area contributed by atoms with E-state index in [0.29, 0.717) is 6.04 Å². The first-order valence-corrected chi connectivity index (χ1v) is 5.98. The van der Waals surface area contributed by atoms with E-state index in [2.05, 4.69) is 45.5 Å². The van der Waals surface area contributed by atoms with Gasteiger partial charge >= 0.3 is 0 Å². The molecule has 1 aromatic rings. The predicted molar refractivity (Wildman–Crippen MR) is 63.2 cm³/mol. The predicted octanol–water partition coefficient (Wildman–Crippen LogP) is 3.01. The highest BCUT2D eigenvalue weighted by Crippen LogP contribution is 2.30. The lowest BCUT2D eigenvalue weighted by Crippen LogP contribution is -2.32. The van der Waals surface area contributed by atoms with Crippen molar-refractivity contribution >= 4 is 15.9 Å². The molecule has 15 heavy (non-hydrogen) atoms. The van der Waals surface area contributed by atoms with Crippen LogP contribution in [0.5, 0.6) is 0 Å². The molecule has 1 N–H and O–H groups in total. The largest absolute Gasteiger partial charge is 0.309 e. The van der Waals surface area contributed by atoms with Crippen LogP contribution in [0, 0.1) is 17.2 Å². The van der Waals surface area contributed by atoms with Crippen molar-refractivity contribution in [1.29, 1.82) is 5.26 Å². The minimum Gasteiger partial charge on any atom is -0.309 e. The fraction of sp³-hybridized carbons (Fsp3) is 0.417. The summed E-state index contributed by atoms with van der Waals surface area (Å²) < 4.78 is 1.15. The Morgan fingerprint density at radius 2 is 2.13 bits per heavy atom. The molecular formula is C12H13BrN2. The summed E-state index contributed by atoms with van der Waals surface area (Å²) in [4.78, 5) is 0. The second kappa shape index (κ2) is 4.78. The van der Waals surface area contributed by atoms with E-state index in [-0.39, 0.29) is 5.92 Å². The van der Waals surface area contributed by atoms with E-state index in [9.17, 15) is 0 Å². The molecule has 0 amide bonds. The number of hydrogen-bond acceptors (Lipinski definition) is 2. The van der Waals surface area contributed by atoms with E-state index in [4.69, 9.17) is 5.26 Å². The lowest BCUT2D eigenvalue weighted by Gasteiger charge is -2.27. The molecule has 1 aromatic carbocycles. The van der Waals surface area contributed by atoms with Gasteiger partial charge in [-0.05, 0) is 24.5 Å². The molecule has 2 unspecified atom stereocenters. The van der Waals surface area contributed by atoms with Gasteiger partial charge in [-0.3, -0.25) is 0 Å². The van der Waals surface area contributed by atoms with E-state index in [1.165, 1.54) is 5.56 Å². The standard InChI is InChI=1S/C12H13BrN2/c13-11-4-2-1-3-10(11)12-6-5-9(7-14)8-15-12/h1-4,9,12,15H,5-6,8H2. The number of nitriles is 1. The fourth-order valence-electron chi connectivity index (χ4n) is 1.99. The summed E-state index contributed by atoms with van der Waals surface area (Å²) in [7, 11) is 0. The van der Waals surface area contributed by atoms with Gasteiger partial charge in [0, 0.05) is 17.1 Å². The van der Waals surface area contributed by atoms with Crippen LogP contribution in [-0.2, 0) is 0 Å².